The predicted molar refractivity (Wildman–Crippen MR) is 76.6 cm³/mol. The number of rotatable bonds is 6. The van der Waals surface area contributed by atoms with Crippen molar-refractivity contribution in [2.24, 2.45) is 0 Å². The van der Waals surface area contributed by atoms with Gasteiger partial charge in [-0.05, 0) is 19.4 Å². The highest BCUT2D eigenvalue weighted by Crippen LogP contribution is 2.09. The van der Waals surface area contributed by atoms with E-state index in [9.17, 15) is 8.42 Å². The molecule has 1 unspecified atom stereocenters. The highest BCUT2D eigenvalue weighted by Gasteiger charge is 2.21. The molecule has 106 valence electrons. The summed E-state index contributed by atoms with van der Waals surface area (Å²) in [5.74, 6) is 2.56. The normalized spacial score (nSPS) is 26.6. The van der Waals surface area contributed by atoms with Crippen molar-refractivity contribution in [3.05, 3.63) is 0 Å². The molecule has 1 atom stereocenters. The number of nitrogens with one attached hydrogen (secondary N) is 2. The summed E-state index contributed by atoms with van der Waals surface area (Å²) in [4.78, 5) is 2.33. The van der Waals surface area contributed by atoms with E-state index >= 15 is 0 Å². The third-order valence-electron chi connectivity index (χ3n) is 3.44. The van der Waals surface area contributed by atoms with Gasteiger partial charge >= 0.3 is 0 Å². The Morgan fingerprint density at radius 1 is 1.33 bits per heavy atom. The average Bonchev–Trinajstić information content (AvgIpc) is 2.82. The molecule has 0 amide bonds. The molecule has 0 saturated carbocycles. The molecular weight excluding hydrogens is 270 g/mol. The molecule has 2 aliphatic rings. The van der Waals surface area contributed by atoms with Crippen LogP contribution in [0.25, 0.3) is 0 Å². The third-order valence-corrected chi connectivity index (χ3v) is 5.86. The maximum absolute atomic E-state index is 11.9. The van der Waals surface area contributed by atoms with E-state index < -0.39 is 10.0 Å². The van der Waals surface area contributed by atoms with Gasteiger partial charge in [0, 0.05) is 43.7 Å². The zero-order chi connectivity index (χ0) is 12.8. The fraction of sp³-hybridized carbons (Fsp3) is 1.00. The van der Waals surface area contributed by atoms with Crippen LogP contribution in [0.2, 0.25) is 0 Å². The molecule has 2 heterocycles. The van der Waals surface area contributed by atoms with Crippen molar-refractivity contribution in [3.63, 3.8) is 0 Å². The second-order valence-electron chi connectivity index (χ2n) is 4.92. The van der Waals surface area contributed by atoms with Crippen LogP contribution >= 0.6 is 11.8 Å². The first-order valence-electron chi connectivity index (χ1n) is 6.66. The van der Waals surface area contributed by atoms with Gasteiger partial charge in [0.1, 0.15) is 0 Å². The molecule has 2 saturated heterocycles. The molecule has 7 heteroatoms. The Hall–Kier alpha value is 0.180. The van der Waals surface area contributed by atoms with Crippen LogP contribution in [-0.2, 0) is 10.0 Å². The Balaban J connectivity index is 1.64. The number of nitrogens with zero attached hydrogens (tertiary/aromatic N) is 1. The summed E-state index contributed by atoms with van der Waals surface area (Å²) in [5, 5.41) is 3.22. The van der Waals surface area contributed by atoms with Gasteiger partial charge in [-0.2, -0.15) is 11.8 Å². The van der Waals surface area contributed by atoms with Gasteiger partial charge in [0.25, 0.3) is 0 Å². The van der Waals surface area contributed by atoms with Gasteiger partial charge in [-0.15, -0.1) is 0 Å². The van der Waals surface area contributed by atoms with Crippen molar-refractivity contribution in [1.82, 2.24) is 14.9 Å². The van der Waals surface area contributed by atoms with Crippen molar-refractivity contribution in [2.45, 2.75) is 18.9 Å². The molecule has 5 nitrogen and oxygen atoms in total. The van der Waals surface area contributed by atoms with E-state index in [4.69, 9.17) is 0 Å². The van der Waals surface area contributed by atoms with Gasteiger partial charge in [-0.1, -0.05) is 0 Å². The molecule has 0 spiro atoms. The lowest BCUT2D eigenvalue weighted by atomic mass is 10.3. The van der Waals surface area contributed by atoms with Gasteiger partial charge in [-0.25, -0.2) is 13.1 Å². The summed E-state index contributed by atoms with van der Waals surface area (Å²) in [6.45, 7) is 4.48. The standard InChI is InChI=1S/C11H23N3O2S2/c15-18(16,10-11-2-1-3-12-11)13-4-5-14-6-8-17-9-7-14/h11-13H,1-10H2. The smallest absolute Gasteiger partial charge is 0.213 e. The van der Waals surface area contributed by atoms with E-state index in [2.05, 4.69) is 14.9 Å². The van der Waals surface area contributed by atoms with Crippen molar-refractivity contribution in [3.8, 4) is 0 Å². The Kier molecular flexibility index (Phi) is 5.75. The topological polar surface area (TPSA) is 61.4 Å². The first-order valence-corrected chi connectivity index (χ1v) is 9.47. The largest absolute Gasteiger partial charge is 0.313 e. The summed E-state index contributed by atoms with van der Waals surface area (Å²) in [6.07, 6.45) is 2.07. The van der Waals surface area contributed by atoms with Crippen molar-refractivity contribution >= 4 is 21.8 Å². The molecule has 0 aromatic rings. The van der Waals surface area contributed by atoms with Gasteiger partial charge < -0.3 is 10.2 Å². The van der Waals surface area contributed by atoms with E-state index in [0.717, 1.165) is 39.0 Å². The van der Waals surface area contributed by atoms with E-state index in [-0.39, 0.29) is 11.8 Å². The van der Waals surface area contributed by atoms with Crippen LogP contribution in [0, 0.1) is 0 Å². The number of thioether (sulfide) groups is 1. The first kappa shape index (κ1) is 14.6. The van der Waals surface area contributed by atoms with Gasteiger partial charge in [0.2, 0.25) is 10.0 Å². The molecule has 0 aromatic heterocycles. The van der Waals surface area contributed by atoms with Crippen LogP contribution in [0.1, 0.15) is 12.8 Å². The Morgan fingerprint density at radius 2 is 2.11 bits per heavy atom. The molecule has 0 aliphatic carbocycles. The zero-order valence-corrected chi connectivity index (χ0v) is 12.4. The quantitative estimate of drug-likeness (QED) is 0.704. The molecule has 0 aromatic carbocycles. The van der Waals surface area contributed by atoms with E-state index in [1.54, 1.807) is 0 Å². The SMILES string of the molecule is O=S(=O)(CC1CCCN1)NCCN1CCSCC1. The van der Waals surface area contributed by atoms with Gasteiger partial charge in [0.15, 0.2) is 0 Å². The minimum atomic E-state index is -3.11. The average molecular weight is 293 g/mol. The minimum Gasteiger partial charge on any atom is -0.313 e. The van der Waals surface area contributed by atoms with Crippen LogP contribution in [0.15, 0.2) is 0 Å². The molecule has 18 heavy (non-hydrogen) atoms. The molecule has 2 rings (SSSR count). The van der Waals surface area contributed by atoms with Crippen molar-refractivity contribution < 1.29 is 8.42 Å². The zero-order valence-electron chi connectivity index (χ0n) is 10.7. The second-order valence-corrected chi connectivity index (χ2v) is 8.00. The fourth-order valence-corrected chi connectivity index (χ4v) is 4.72. The molecule has 2 fully saturated rings. The molecular formula is C11H23N3O2S2. The second kappa shape index (κ2) is 7.09. The van der Waals surface area contributed by atoms with E-state index in [1.165, 1.54) is 11.5 Å². The number of sulfonamides is 1. The van der Waals surface area contributed by atoms with Crippen molar-refractivity contribution in [2.75, 3.05) is 50.0 Å². The highest BCUT2D eigenvalue weighted by atomic mass is 32.2. The fourth-order valence-electron chi connectivity index (χ4n) is 2.41. The molecule has 2 N–H and O–H groups in total. The van der Waals surface area contributed by atoms with Crippen LogP contribution in [0.3, 0.4) is 0 Å². The van der Waals surface area contributed by atoms with Crippen LogP contribution in [-0.4, -0.2) is 69.3 Å². The van der Waals surface area contributed by atoms with E-state index in [1.807, 2.05) is 11.8 Å². The lowest BCUT2D eigenvalue weighted by Crippen LogP contribution is -2.42. The summed E-state index contributed by atoms with van der Waals surface area (Å²) >= 11 is 1.97. The van der Waals surface area contributed by atoms with Crippen LogP contribution in [0.4, 0.5) is 0 Å². The molecule has 0 bridgehead atoms. The summed E-state index contributed by atoms with van der Waals surface area (Å²) < 4.78 is 26.4. The Morgan fingerprint density at radius 3 is 2.78 bits per heavy atom. The van der Waals surface area contributed by atoms with E-state index in [0.29, 0.717) is 6.54 Å². The Bertz CT molecular complexity index is 336. The summed E-state index contributed by atoms with van der Waals surface area (Å²) in [6, 6.07) is 0.147. The summed E-state index contributed by atoms with van der Waals surface area (Å²) in [7, 11) is -3.11. The Labute approximate surface area is 114 Å². The van der Waals surface area contributed by atoms with Crippen LogP contribution in [0.5, 0.6) is 0 Å². The van der Waals surface area contributed by atoms with Gasteiger partial charge in [0.05, 0.1) is 5.75 Å². The highest BCUT2D eigenvalue weighted by molar-refractivity contribution is 7.99. The van der Waals surface area contributed by atoms with Crippen molar-refractivity contribution in [1.29, 1.82) is 0 Å². The monoisotopic (exact) mass is 293 g/mol. The molecule has 0 radical (unpaired) electrons. The maximum atomic E-state index is 11.9. The minimum absolute atomic E-state index is 0.147. The predicted octanol–water partition coefficient (Wildman–Crippen LogP) is -0.293. The lowest BCUT2D eigenvalue weighted by molar-refractivity contribution is 0.307. The lowest BCUT2D eigenvalue weighted by Gasteiger charge is -2.26. The summed E-state index contributed by atoms with van der Waals surface area (Å²) in [5.41, 5.74) is 0. The van der Waals surface area contributed by atoms with Gasteiger partial charge in [-0.3, -0.25) is 0 Å². The number of hydrogen-bond donors (Lipinski definition) is 2. The maximum Gasteiger partial charge on any atom is 0.213 e. The number of hydrogen-bond acceptors (Lipinski definition) is 5. The van der Waals surface area contributed by atoms with Crippen LogP contribution < -0.4 is 10.0 Å². The molecule has 2 aliphatic heterocycles. The third kappa shape index (κ3) is 5.05. The first-order chi connectivity index (χ1) is 8.66.